The number of primary amides is 1. The van der Waals surface area contributed by atoms with Crippen molar-refractivity contribution >= 4 is 17.8 Å². The van der Waals surface area contributed by atoms with Crippen molar-refractivity contribution in [3.8, 4) is 5.75 Å². The highest BCUT2D eigenvalue weighted by Gasteiger charge is 2.26. The lowest BCUT2D eigenvalue weighted by Crippen LogP contribution is -2.43. The van der Waals surface area contributed by atoms with Crippen LogP contribution in [0.2, 0.25) is 0 Å². The number of nitrogens with two attached hydrogens (primary N) is 1. The van der Waals surface area contributed by atoms with Crippen LogP contribution in [0.3, 0.4) is 0 Å². The van der Waals surface area contributed by atoms with E-state index in [2.05, 4.69) is 6.92 Å². The fourth-order valence-corrected chi connectivity index (χ4v) is 2.65. The van der Waals surface area contributed by atoms with E-state index in [4.69, 9.17) is 15.2 Å². The van der Waals surface area contributed by atoms with Gasteiger partial charge >= 0.3 is 5.97 Å². The average molecular weight is 348 g/mol. The first-order valence-electron chi connectivity index (χ1n) is 8.44. The molecule has 0 unspecified atom stereocenters. The second-order valence-corrected chi connectivity index (χ2v) is 6.00. The molecule has 1 heterocycles. The molecule has 2 amide bonds. The minimum atomic E-state index is -0.597. The Balaban J connectivity index is 1.67. The Bertz CT molecular complexity index is 606. The standard InChI is InChI=1S/C18H24N2O5/c1-2-13-3-5-15(6-4-13)24-12-17(22)25-11-16(21)20-9-7-14(8-10-20)18(19)23/h3-6,14H,2,7-12H2,1H3,(H2,19,23). The smallest absolute Gasteiger partial charge is 0.344 e. The van der Waals surface area contributed by atoms with Crippen LogP contribution in [0.1, 0.15) is 25.3 Å². The fourth-order valence-electron chi connectivity index (χ4n) is 2.65. The predicted octanol–water partition coefficient (Wildman–Crippen LogP) is 0.895. The normalized spacial score (nSPS) is 14.8. The van der Waals surface area contributed by atoms with E-state index < -0.39 is 5.97 Å². The Morgan fingerprint density at radius 2 is 1.76 bits per heavy atom. The van der Waals surface area contributed by atoms with Crippen LogP contribution in [0.15, 0.2) is 24.3 Å². The van der Waals surface area contributed by atoms with Gasteiger partial charge in [-0.3, -0.25) is 9.59 Å². The molecule has 0 aromatic heterocycles. The number of likely N-dealkylation sites (tertiary alicyclic amines) is 1. The summed E-state index contributed by atoms with van der Waals surface area (Å²) in [5.41, 5.74) is 6.44. The van der Waals surface area contributed by atoms with Crippen LogP contribution < -0.4 is 10.5 Å². The Labute approximate surface area is 147 Å². The Morgan fingerprint density at radius 3 is 2.32 bits per heavy atom. The SMILES string of the molecule is CCc1ccc(OCC(=O)OCC(=O)N2CCC(C(N)=O)CC2)cc1. The van der Waals surface area contributed by atoms with Gasteiger partial charge in [0.05, 0.1) is 0 Å². The Hall–Kier alpha value is -2.57. The van der Waals surface area contributed by atoms with Crippen LogP contribution in [0.25, 0.3) is 0 Å². The van der Waals surface area contributed by atoms with Gasteiger partial charge in [0.25, 0.3) is 5.91 Å². The second-order valence-electron chi connectivity index (χ2n) is 6.00. The number of hydrogen-bond donors (Lipinski definition) is 1. The molecule has 1 saturated heterocycles. The van der Waals surface area contributed by atoms with E-state index in [9.17, 15) is 14.4 Å². The molecule has 1 aliphatic rings. The van der Waals surface area contributed by atoms with Crippen molar-refractivity contribution in [2.75, 3.05) is 26.3 Å². The highest BCUT2D eigenvalue weighted by molar-refractivity contribution is 5.82. The van der Waals surface area contributed by atoms with Crippen LogP contribution >= 0.6 is 0 Å². The maximum absolute atomic E-state index is 12.0. The van der Waals surface area contributed by atoms with Crippen LogP contribution in [0.5, 0.6) is 5.75 Å². The summed E-state index contributed by atoms with van der Waals surface area (Å²) in [7, 11) is 0. The van der Waals surface area contributed by atoms with Crippen LogP contribution in [0, 0.1) is 5.92 Å². The van der Waals surface area contributed by atoms with Crippen molar-refractivity contribution in [3.63, 3.8) is 0 Å². The maximum Gasteiger partial charge on any atom is 0.344 e. The zero-order valence-corrected chi connectivity index (χ0v) is 14.4. The molecule has 1 aromatic carbocycles. The predicted molar refractivity (Wildman–Crippen MR) is 90.8 cm³/mol. The third kappa shape index (κ3) is 5.77. The number of nitrogens with zero attached hydrogens (tertiary/aromatic N) is 1. The summed E-state index contributed by atoms with van der Waals surface area (Å²) in [4.78, 5) is 36.4. The summed E-state index contributed by atoms with van der Waals surface area (Å²) < 4.78 is 10.3. The molecule has 7 nitrogen and oxygen atoms in total. The molecule has 1 aromatic rings. The summed E-state index contributed by atoms with van der Waals surface area (Å²) >= 11 is 0. The number of aryl methyl sites for hydroxylation is 1. The highest BCUT2D eigenvalue weighted by atomic mass is 16.6. The van der Waals surface area contributed by atoms with Gasteiger partial charge in [-0.25, -0.2) is 4.79 Å². The molecule has 0 saturated carbocycles. The van der Waals surface area contributed by atoms with Gasteiger partial charge in [-0.2, -0.15) is 0 Å². The molecule has 7 heteroatoms. The summed E-state index contributed by atoms with van der Waals surface area (Å²) in [6.45, 7) is 2.38. The number of carbonyl (C=O) groups excluding carboxylic acids is 3. The van der Waals surface area contributed by atoms with Crippen molar-refractivity contribution in [1.82, 2.24) is 4.90 Å². The number of carbonyl (C=O) groups is 3. The number of hydrogen-bond acceptors (Lipinski definition) is 5. The van der Waals surface area contributed by atoms with Crippen molar-refractivity contribution in [2.24, 2.45) is 11.7 Å². The molecule has 25 heavy (non-hydrogen) atoms. The molecule has 1 fully saturated rings. The topological polar surface area (TPSA) is 98.9 Å². The largest absolute Gasteiger partial charge is 0.482 e. The molecule has 2 N–H and O–H groups in total. The van der Waals surface area contributed by atoms with Crippen molar-refractivity contribution in [1.29, 1.82) is 0 Å². The van der Waals surface area contributed by atoms with E-state index in [0.717, 1.165) is 6.42 Å². The van der Waals surface area contributed by atoms with Gasteiger partial charge in [0.15, 0.2) is 13.2 Å². The molecule has 0 radical (unpaired) electrons. The summed E-state index contributed by atoms with van der Waals surface area (Å²) in [6.07, 6.45) is 2.03. The summed E-state index contributed by atoms with van der Waals surface area (Å²) in [5, 5.41) is 0. The van der Waals surface area contributed by atoms with Crippen LogP contribution in [-0.4, -0.2) is 49.0 Å². The molecule has 0 bridgehead atoms. The van der Waals surface area contributed by atoms with Gasteiger partial charge in [0.1, 0.15) is 5.75 Å². The van der Waals surface area contributed by atoms with Crippen LogP contribution in [0.4, 0.5) is 0 Å². The molecule has 0 spiro atoms. The number of rotatable bonds is 7. The molecule has 0 atom stereocenters. The summed E-state index contributed by atoms with van der Waals surface area (Å²) in [6, 6.07) is 7.44. The third-order valence-electron chi connectivity index (χ3n) is 4.29. The minimum absolute atomic E-state index is 0.181. The lowest BCUT2D eigenvalue weighted by atomic mass is 9.96. The first-order valence-corrected chi connectivity index (χ1v) is 8.44. The molecular formula is C18H24N2O5. The van der Waals surface area contributed by atoms with Gasteiger partial charge in [0, 0.05) is 19.0 Å². The van der Waals surface area contributed by atoms with E-state index >= 15 is 0 Å². The van der Waals surface area contributed by atoms with Gasteiger partial charge in [0.2, 0.25) is 5.91 Å². The van der Waals surface area contributed by atoms with E-state index in [1.807, 2.05) is 12.1 Å². The van der Waals surface area contributed by atoms with Crippen molar-refractivity contribution < 1.29 is 23.9 Å². The third-order valence-corrected chi connectivity index (χ3v) is 4.29. The molecule has 2 rings (SSSR count). The van der Waals surface area contributed by atoms with Gasteiger partial charge in [-0.1, -0.05) is 19.1 Å². The first kappa shape index (κ1) is 18.8. The monoisotopic (exact) mass is 348 g/mol. The molecule has 1 aliphatic heterocycles. The quantitative estimate of drug-likeness (QED) is 0.738. The van der Waals surface area contributed by atoms with Crippen molar-refractivity contribution in [2.45, 2.75) is 26.2 Å². The zero-order chi connectivity index (χ0) is 18.2. The number of benzene rings is 1. The number of amides is 2. The van der Waals surface area contributed by atoms with E-state index in [0.29, 0.717) is 31.7 Å². The molecule has 0 aliphatic carbocycles. The molecular weight excluding hydrogens is 324 g/mol. The van der Waals surface area contributed by atoms with E-state index in [-0.39, 0.29) is 30.9 Å². The van der Waals surface area contributed by atoms with E-state index in [1.165, 1.54) is 5.56 Å². The van der Waals surface area contributed by atoms with Crippen LogP contribution in [-0.2, 0) is 25.5 Å². The summed E-state index contributed by atoms with van der Waals surface area (Å²) in [5.74, 6) is -0.806. The number of ether oxygens (including phenoxy) is 2. The van der Waals surface area contributed by atoms with E-state index in [1.54, 1.807) is 17.0 Å². The Morgan fingerprint density at radius 1 is 1.12 bits per heavy atom. The Kier molecular flexibility index (Phi) is 6.80. The van der Waals surface area contributed by atoms with Crippen molar-refractivity contribution in [3.05, 3.63) is 29.8 Å². The lowest BCUT2D eigenvalue weighted by Gasteiger charge is -2.30. The fraction of sp³-hybridized carbons (Fsp3) is 0.500. The van der Waals surface area contributed by atoms with Gasteiger partial charge < -0.3 is 20.1 Å². The average Bonchev–Trinajstić information content (AvgIpc) is 2.64. The number of piperidine rings is 1. The second kappa shape index (κ2) is 9.05. The maximum atomic E-state index is 12.0. The first-order chi connectivity index (χ1) is 12.0. The minimum Gasteiger partial charge on any atom is -0.482 e. The molecule has 136 valence electrons. The number of esters is 1. The van der Waals surface area contributed by atoms with Gasteiger partial charge in [-0.15, -0.1) is 0 Å². The zero-order valence-electron chi connectivity index (χ0n) is 14.4. The lowest BCUT2D eigenvalue weighted by molar-refractivity contribution is -0.154. The highest BCUT2D eigenvalue weighted by Crippen LogP contribution is 2.16. The van der Waals surface area contributed by atoms with Gasteiger partial charge in [-0.05, 0) is 37.0 Å².